The fourth-order valence-corrected chi connectivity index (χ4v) is 1.62. The summed E-state index contributed by atoms with van der Waals surface area (Å²) in [5.41, 5.74) is 8.78. The lowest BCUT2D eigenvalue weighted by atomic mass is 10.1. The fraction of sp³-hybridized carbons (Fsp3) is 0.143. The van der Waals surface area contributed by atoms with Gasteiger partial charge in [0.15, 0.2) is 0 Å². The standard InChI is InChI=1S/C14H15N3O/c1-9-6-7-13(16-8-9)17-14(18)11-4-3-5-12(15)10(11)2/h3-8H,15H2,1-2H3,(H,16,17,18). The van der Waals surface area contributed by atoms with E-state index in [0.717, 1.165) is 11.1 Å². The average Bonchev–Trinajstić information content (AvgIpc) is 2.35. The van der Waals surface area contributed by atoms with Crippen LogP contribution in [0.1, 0.15) is 21.5 Å². The lowest BCUT2D eigenvalue weighted by Crippen LogP contribution is -2.14. The normalized spacial score (nSPS) is 10.1. The lowest BCUT2D eigenvalue weighted by molar-refractivity contribution is 0.102. The zero-order valence-electron chi connectivity index (χ0n) is 10.4. The third-order valence-corrected chi connectivity index (χ3v) is 2.77. The van der Waals surface area contributed by atoms with Crippen molar-refractivity contribution >= 4 is 17.4 Å². The first-order valence-electron chi connectivity index (χ1n) is 5.67. The highest BCUT2D eigenvalue weighted by molar-refractivity contribution is 6.05. The number of amides is 1. The fourth-order valence-electron chi connectivity index (χ4n) is 1.62. The maximum absolute atomic E-state index is 12.1. The number of aromatic nitrogens is 1. The number of carbonyl (C=O) groups is 1. The first-order chi connectivity index (χ1) is 8.58. The molecule has 0 aliphatic heterocycles. The molecule has 18 heavy (non-hydrogen) atoms. The molecule has 3 N–H and O–H groups in total. The Morgan fingerprint density at radius 3 is 2.67 bits per heavy atom. The molecule has 2 aromatic rings. The molecule has 4 heteroatoms. The maximum Gasteiger partial charge on any atom is 0.257 e. The number of aryl methyl sites for hydroxylation is 1. The molecule has 92 valence electrons. The second-order valence-electron chi connectivity index (χ2n) is 4.19. The highest BCUT2D eigenvalue weighted by Crippen LogP contribution is 2.16. The summed E-state index contributed by atoms with van der Waals surface area (Å²) in [4.78, 5) is 16.2. The molecule has 1 amide bonds. The molecule has 4 nitrogen and oxygen atoms in total. The highest BCUT2D eigenvalue weighted by Gasteiger charge is 2.10. The van der Waals surface area contributed by atoms with Gasteiger partial charge in [0.05, 0.1) is 0 Å². The minimum absolute atomic E-state index is 0.198. The Morgan fingerprint density at radius 2 is 2.00 bits per heavy atom. The molecule has 0 aliphatic rings. The van der Waals surface area contributed by atoms with Crippen LogP contribution in [0.2, 0.25) is 0 Å². The van der Waals surface area contributed by atoms with E-state index in [4.69, 9.17) is 5.73 Å². The Bertz CT molecular complexity index is 576. The SMILES string of the molecule is Cc1ccc(NC(=O)c2cccc(N)c2C)nc1. The molecule has 1 aromatic heterocycles. The first kappa shape index (κ1) is 12.1. The van der Waals surface area contributed by atoms with Gasteiger partial charge in [0.25, 0.3) is 5.91 Å². The third-order valence-electron chi connectivity index (χ3n) is 2.77. The van der Waals surface area contributed by atoms with Gasteiger partial charge in [0.1, 0.15) is 5.82 Å². The summed E-state index contributed by atoms with van der Waals surface area (Å²) >= 11 is 0. The number of nitrogens with two attached hydrogens (primary N) is 1. The molecule has 0 spiro atoms. The van der Waals surface area contributed by atoms with Crippen molar-refractivity contribution in [3.05, 3.63) is 53.2 Å². The highest BCUT2D eigenvalue weighted by atomic mass is 16.1. The number of benzene rings is 1. The van der Waals surface area contributed by atoms with Gasteiger partial charge in [-0.15, -0.1) is 0 Å². The molecule has 0 radical (unpaired) electrons. The van der Waals surface area contributed by atoms with Crippen molar-refractivity contribution in [1.29, 1.82) is 0 Å². The van der Waals surface area contributed by atoms with Crippen LogP contribution in [0.5, 0.6) is 0 Å². The van der Waals surface area contributed by atoms with Crippen LogP contribution in [0.25, 0.3) is 0 Å². The van der Waals surface area contributed by atoms with Gasteiger partial charge in [-0.05, 0) is 43.2 Å². The van der Waals surface area contributed by atoms with E-state index in [0.29, 0.717) is 17.1 Å². The molecule has 2 rings (SSSR count). The van der Waals surface area contributed by atoms with Crippen molar-refractivity contribution in [3.63, 3.8) is 0 Å². The summed E-state index contributed by atoms with van der Waals surface area (Å²) in [6.45, 7) is 3.77. The predicted molar refractivity (Wildman–Crippen MR) is 72.5 cm³/mol. The van der Waals surface area contributed by atoms with Crippen molar-refractivity contribution in [2.45, 2.75) is 13.8 Å². The number of pyridine rings is 1. The topological polar surface area (TPSA) is 68.0 Å². The largest absolute Gasteiger partial charge is 0.398 e. The van der Waals surface area contributed by atoms with Gasteiger partial charge < -0.3 is 11.1 Å². The van der Waals surface area contributed by atoms with Crippen LogP contribution in [-0.2, 0) is 0 Å². The van der Waals surface area contributed by atoms with Crippen LogP contribution < -0.4 is 11.1 Å². The van der Waals surface area contributed by atoms with Gasteiger partial charge in [-0.1, -0.05) is 12.1 Å². The summed E-state index contributed by atoms with van der Waals surface area (Å²) in [5.74, 6) is 0.337. The van der Waals surface area contributed by atoms with E-state index in [1.165, 1.54) is 0 Å². The van der Waals surface area contributed by atoms with Crippen molar-refractivity contribution in [1.82, 2.24) is 4.98 Å². The van der Waals surface area contributed by atoms with Crippen molar-refractivity contribution in [3.8, 4) is 0 Å². The maximum atomic E-state index is 12.1. The summed E-state index contributed by atoms with van der Waals surface area (Å²) < 4.78 is 0. The Hall–Kier alpha value is -2.36. The predicted octanol–water partition coefficient (Wildman–Crippen LogP) is 2.53. The van der Waals surface area contributed by atoms with Gasteiger partial charge in [-0.25, -0.2) is 4.98 Å². The number of carbonyl (C=O) groups excluding carboxylic acids is 1. The molecule has 0 bridgehead atoms. The van der Waals surface area contributed by atoms with E-state index in [2.05, 4.69) is 10.3 Å². The van der Waals surface area contributed by atoms with Crippen molar-refractivity contribution < 1.29 is 4.79 Å². The second-order valence-corrected chi connectivity index (χ2v) is 4.19. The number of nitrogen functional groups attached to an aromatic ring is 1. The molecular weight excluding hydrogens is 226 g/mol. The Kier molecular flexibility index (Phi) is 3.28. The van der Waals surface area contributed by atoms with E-state index in [1.54, 1.807) is 30.5 Å². The Morgan fingerprint density at radius 1 is 1.22 bits per heavy atom. The minimum Gasteiger partial charge on any atom is -0.398 e. The molecule has 1 heterocycles. The second kappa shape index (κ2) is 4.87. The molecular formula is C14H15N3O. The molecule has 0 unspecified atom stereocenters. The third kappa shape index (κ3) is 2.48. The van der Waals surface area contributed by atoms with Crippen molar-refractivity contribution in [2.75, 3.05) is 11.1 Å². The minimum atomic E-state index is -0.198. The molecule has 0 saturated heterocycles. The number of hydrogen-bond donors (Lipinski definition) is 2. The van der Waals surface area contributed by atoms with Crippen LogP contribution in [-0.4, -0.2) is 10.9 Å². The number of anilines is 2. The number of nitrogens with zero attached hydrogens (tertiary/aromatic N) is 1. The van der Waals surface area contributed by atoms with Gasteiger partial charge >= 0.3 is 0 Å². The smallest absolute Gasteiger partial charge is 0.257 e. The van der Waals surface area contributed by atoms with Gasteiger partial charge in [-0.2, -0.15) is 0 Å². The summed E-state index contributed by atoms with van der Waals surface area (Å²) in [6, 6.07) is 8.95. The molecule has 1 aromatic carbocycles. The van der Waals surface area contributed by atoms with E-state index >= 15 is 0 Å². The van der Waals surface area contributed by atoms with Gasteiger partial charge in [-0.3, -0.25) is 4.79 Å². The number of rotatable bonds is 2. The van der Waals surface area contributed by atoms with Crippen LogP contribution >= 0.6 is 0 Å². The quantitative estimate of drug-likeness (QED) is 0.794. The van der Waals surface area contributed by atoms with Crippen molar-refractivity contribution in [2.24, 2.45) is 0 Å². The van der Waals surface area contributed by atoms with Gasteiger partial charge in [0, 0.05) is 17.4 Å². The molecule has 0 aliphatic carbocycles. The van der Waals surface area contributed by atoms with Crippen LogP contribution in [0, 0.1) is 13.8 Å². The van der Waals surface area contributed by atoms with E-state index in [9.17, 15) is 4.79 Å². The summed E-state index contributed by atoms with van der Waals surface area (Å²) in [6.07, 6.45) is 1.71. The molecule has 0 saturated carbocycles. The van der Waals surface area contributed by atoms with Crippen LogP contribution in [0.3, 0.4) is 0 Å². The van der Waals surface area contributed by atoms with E-state index < -0.39 is 0 Å². The van der Waals surface area contributed by atoms with Gasteiger partial charge in [0.2, 0.25) is 0 Å². The van der Waals surface area contributed by atoms with Crippen LogP contribution in [0.15, 0.2) is 36.5 Å². The zero-order valence-corrected chi connectivity index (χ0v) is 10.4. The van der Waals surface area contributed by atoms with E-state index in [1.807, 2.05) is 19.9 Å². The first-order valence-corrected chi connectivity index (χ1v) is 5.67. The monoisotopic (exact) mass is 241 g/mol. The Balaban J connectivity index is 2.22. The lowest BCUT2D eigenvalue weighted by Gasteiger charge is -2.08. The number of nitrogens with one attached hydrogen (secondary N) is 1. The summed E-state index contributed by atoms with van der Waals surface area (Å²) in [5, 5.41) is 2.75. The average molecular weight is 241 g/mol. The summed E-state index contributed by atoms with van der Waals surface area (Å²) in [7, 11) is 0. The van der Waals surface area contributed by atoms with E-state index in [-0.39, 0.29) is 5.91 Å². The van der Waals surface area contributed by atoms with Crippen LogP contribution in [0.4, 0.5) is 11.5 Å². The Labute approximate surface area is 106 Å². The molecule has 0 atom stereocenters. The molecule has 0 fully saturated rings. The number of hydrogen-bond acceptors (Lipinski definition) is 3. The zero-order chi connectivity index (χ0) is 13.1.